The first-order chi connectivity index (χ1) is 9.58. The number of carbonyl (C=O) groups excluding carboxylic acids is 4. The number of aliphatic imine (C=N–C) groups is 1. The van der Waals surface area contributed by atoms with Crippen molar-refractivity contribution in [3.8, 4) is 0 Å². The van der Waals surface area contributed by atoms with Crippen molar-refractivity contribution in [1.29, 1.82) is 0 Å². The van der Waals surface area contributed by atoms with Crippen molar-refractivity contribution < 1.29 is 19.2 Å². The van der Waals surface area contributed by atoms with Gasteiger partial charge in [-0.3, -0.25) is 29.5 Å². The normalized spacial score (nSPS) is 38.4. The molecule has 0 radical (unpaired) electrons. The minimum absolute atomic E-state index is 0.0836. The van der Waals surface area contributed by atoms with Crippen molar-refractivity contribution in [2.24, 2.45) is 28.7 Å². The molecule has 1 saturated heterocycles. The zero-order chi connectivity index (χ0) is 14.0. The van der Waals surface area contributed by atoms with Gasteiger partial charge in [0.15, 0.2) is 0 Å². The number of nitrogens with zero attached hydrogens (tertiary/aromatic N) is 2. The molecule has 4 atom stereocenters. The summed E-state index contributed by atoms with van der Waals surface area (Å²) in [5.74, 6) is -2.84. The zero-order valence-electron chi connectivity index (χ0n) is 10.4. The molecule has 0 aromatic rings. The maximum Gasteiger partial charge on any atom is 0.294 e. The van der Waals surface area contributed by atoms with Gasteiger partial charge in [0.2, 0.25) is 23.6 Å². The van der Waals surface area contributed by atoms with Gasteiger partial charge in [-0.15, -0.1) is 0 Å². The highest BCUT2D eigenvalue weighted by Gasteiger charge is 2.61. The van der Waals surface area contributed by atoms with E-state index >= 15 is 0 Å². The van der Waals surface area contributed by atoms with Crippen LogP contribution in [-0.2, 0) is 19.2 Å². The van der Waals surface area contributed by atoms with Crippen molar-refractivity contribution >= 4 is 29.5 Å². The first kappa shape index (κ1) is 11.5. The van der Waals surface area contributed by atoms with Gasteiger partial charge in [-0.25, -0.2) is 4.90 Å². The number of likely N-dealkylation sites (tertiary alicyclic amines) is 1. The van der Waals surface area contributed by atoms with E-state index in [4.69, 9.17) is 0 Å². The van der Waals surface area contributed by atoms with Crippen LogP contribution in [0.25, 0.3) is 0 Å². The van der Waals surface area contributed by atoms with Crippen LogP contribution in [0.5, 0.6) is 0 Å². The maximum absolute atomic E-state index is 12.4. The van der Waals surface area contributed by atoms with E-state index in [1.54, 1.807) is 0 Å². The van der Waals surface area contributed by atoms with E-state index in [1.807, 2.05) is 12.2 Å². The predicted molar refractivity (Wildman–Crippen MR) is 65.0 cm³/mol. The summed E-state index contributed by atoms with van der Waals surface area (Å²) >= 11 is 0. The molecular weight excluding hydrogens is 262 g/mol. The Labute approximate surface area is 113 Å². The first-order valence-electron chi connectivity index (χ1n) is 6.52. The zero-order valence-corrected chi connectivity index (χ0v) is 10.4. The number of amides is 4. The van der Waals surface area contributed by atoms with Crippen LogP contribution >= 0.6 is 0 Å². The van der Waals surface area contributed by atoms with Gasteiger partial charge in [-0.2, -0.15) is 0 Å². The molecule has 0 aromatic heterocycles. The number of nitrogens with one attached hydrogen (secondary N) is 1. The fourth-order valence-corrected chi connectivity index (χ4v) is 3.72. The van der Waals surface area contributed by atoms with E-state index in [2.05, 4.69) is 10.3 Å². The van der Waals surface area contributed by atoms with E-state index < -0.39 is 11.8 Å². The van der Waals surface area contributed by atoms with Crippen molar-refractivity contribution in [3.05, 3.63) is 12.2 Å². The molecule has 2 aliphatic heterocycles. The van der Waals surface area contributed by atoms with Gasteiger partial charge in [0, 0.05) is 0 Å². The second-order valence-corrected chi connectivity index (χ2v) is 5.53. The lowest BCUT2D eigenvalue weighted by atomic mass is 9.85. The Balaban J connectivity index is 1.72. The summed E-state index contributed by atoms with van der Waals surface area (Å²) in [7, 11) is 0. The molecule has 4 amide bonds. The SMILES string of the molecule is O=C1CN=C(N2C(=O)C3C4C=CC(C4)C3C2=O)C(=O)N1. The Morgan fingerprint density at radius 2 is 1.65 bits per heavy atom. The lowest BCUT2D eigenvalue weighted by molar-refractivity contribution is -0.138. The second-order valence-electron chi connectivity index (χ2n) is 5.53. The Hall–Kier alpha value is -2.31. The number of carbonyl (C=O) groups is 4. The minimum atomic E-state index is -0.775. The van der Waals surface area contributed by atoms with E-state index in [1.165, 1.54) is 0 Å². The number of fused-ring (bicyclic) bond motifs is 5. The summed E-state index contributed by atoms with van der Waals surface area (Å²) < 4.78 is 0. The van der Waals surface area contributed by atoms with Crippen LogP contribution in [0.3, 0.4) is 0 Å². The molecule has 2 heterocycles. The average Bonchev–Trinajstić information content (AvgIpc) is 3.06. The van der Waals surface area contributed by atoms with E-state index in [0.717, 1.165) is 11.3 Å². The first-order valence-corrected chi connectivity index (χ1v) is 6.52. The van der Waals surface area contributed by atoms with Crippen LogP contribution in [0.1, 0.15) is 6.42 Å². The van der Waals surface area contributed by atoms with Crippen molar-refractivity contribution in [2.45, 2.75) is 6.42 Å². The number of hydrogen-bond donors (Lipinski definition) is 1. The summed E-state index contributed by atoms with van der Waals surface area (Å²) in [5.41, 5.74) is 0. The van der Waals surface area contributed by atoms with Gasteiger partial charge >= 0.3 is 0 Å². The van der Waals surface area contributed by atoms with E-state index in [-0.39, 0.29) is 47.9 Å². The van der Waals surface area contributed by atoms with Crippen LogP contribution in [0, 0.1) is 23.7 Å². The molecule has 0 aromatic carbocycles. The second kappa shape index (κ2) is 3.62. The van der Waals surface area contributed by atoms with Crippen LogP contribution < -0.4 is 5.32 Å². The highest BCUT2D eigenvalue weighted by atomic mass is 16.2. The fourth-order valence-electron chi connectivity index (χ4n) is 3.72. The smallest absolute Gasteiger partial charge is 0.288 e. The predicted octanol–water partition coefficient (Wildman–Crippen LogP) is -1.15. The molecule has 2 aliphatic carbocycles. The van der Waals surface area contributed by atoms with Crippen molar-refractivity contribution in [1.82, 2.24) is 10.2 Å². The van der Waals surface area contributed by atoms with Crippen LogP contribution in [-0.4, -0.2) is 40.9 Å². The summed E-state index contributed by atoms with van der Waals surface area (Å²) in [6, 6.07) is 0. The molecule has 2 bridgehead atoms. The maximum atomic E-state index is 12.4. The molecule has 7 nitrogen and oxygen atoms in total. The largest absolute Gasteiger partial charge is 0.294 e. The molecule has 7 heteroatoms. The monoisotopic (exact) mass is 273 g/mol. The molecule has 2 fully saturated rings. The van der Waals surface area contributed by atoms with Crippen LogP contribution in [0.4, 0.5) is 0 Å². The van der Waals surface area contributed by atoms with Crippen molar-refractivity contribution in [2.75, 3.05) is 6.54 Å². The third-order valence-corrected chi connectivity index (χ3v) is 4.51. The molecule has 0 spiro atoms. The molecule has 4 unspecified atom stereocenters. The number of amidine groups is 1. The Morgan fingerprint density at radius 1 is 1.05 bits per heavy atom. The number of rotatable bonds is 0. The van der Waals surface area contributed by atoms with Crippen LogP contribution in [0.2, 0.25) is 0 Å². The topological polar surface area (TPSA) is 95.9 Å². The van der Waals surface area contributed by atoms with Gasteiger partial charge in [-0.05, 0) is 18.3 Å². The van der Waals surface area contributed by atoms with Gasteiger partial charge in [0.1, 0.15) is 6.54 Å². The Morgan fingerprint density at radius 3 is 2.20 bits per heavy atom. The van der Waals surface area contributed by atoms with E-state index in [9.17, 15) is 19.2 Å². The average molecular weight is 273 g/mol. The molecule has 1 N–H and O–H groups in total. The standard InChI is InChI=1S/C13H11N3O4/c17-7-4-14-10(11(18)15-7)16-12(19)8-5-1-2-6(3-5)9(8)13(16)20/h1-2,5-6,8-9H,3-4H2,(H,15,17,18). The minimum Gasteiger partial charge on any atom is -0.288 e. The quantitative estimate of drug-likeness (QED) is 0.445. The number of allylic oxidation sites excluding steroid dienone is 2. The summed E-state index contributed by atoms with van der Waals surface area (Å²) in [4.78, 5) is 52.4. The molecule has 1 saturated carbocycles. The van der Waals surface area contributed by atoms with Gasteiger partial charge < -0.3 is 0 Å². The third-order valence-electron chi connectivity index (χ3n) is 4.51. The molecule has 20 heavy (non-hydrogen) atoms. The molecular formula is C13H11N3O4. The van der Waals surface area contributed by atoms with Gasteiger partial charge in [0.05, 0.1) is 11.8 Å². The summed E-state index contributed by atoms with van der Waals surface area (Å²) in [5, 5.41) is 2.08. The Kier molecular flexibility index (Phi) is 2.08. The number of imide groups is 2. The molecule has 4 rings (SSSR count). The highest BCUT2D eigenvalue weighted by molar-refractivity contribution is 6.47. The van der Waals surface area contributed by atoms with E-state index in [0.29, 0.717) is 0 Å². The number of hydrogen-bond acceptors (Lipinski definition) is 5. The highest BCUT2D eigenvalue weighted by Crippen LogP contribution is 2.52. The molecule has 102 valence electrons. The lowest BCUT2D eigenvalue weighted by Crippen LogP contribution is -2.52. The molecule has 4 aliphatic rings. The van der Waals surface area contributed by atoms with Gasteiger partial charge in [0.25, 0.3) is 5.91 Å². The summed E-state index contributed by atoms with van der Waals surface area (Å²) in [6.07, 6.45) is 4.79. The van der Waals surface area contributed by atoms with Crippen LogP contribution in [0.15, 0.2) is 17.1 Å². The third kappa shape index (κ3) is 1.27. The van der Waals surface area contributed by atoms with Gasteiger partial charge in [-0.1, -0.05) is 12.2 Å². The Bertz CT molecular complexity index is 606. The fraction of sp³-hybridized carbons (Fsp3) is 0.462. The lowest BCUT2D eigenvalue weighted by Gasteiger charge is -2.20. The van der Waals surface area contributed by atoms with Crippen molar-refractivity contribution in [3.63, 3.8) is 0 Å². The summed E-state index contributed by atoms with van der Waals surface area (Å²) in [6.45, 7) is -0.238.